The number of likely N-dealkylation sites (tertiary alicyclic amines) is 1. The smallest absolute Gasteiger partial charge is 0.226 e. The Balaban J connectivity index is 1.35. The Kier molecular flexibility index (Phi) is 3.89. The highest BCUT2D eigenvalue weighted by atomic mass is 16.2. The van der Waals surface area contributed by atoms with Crippen molar-refractivity contribution in [3.8, 4) is 0 Å². The topological polar surface area (TPSA) is 51.0 Å². The van der Waals surface area contributed by atoms with Crippen LogP contribution in [0.5, 0.6) is 0 Å². The second kappa shape index (κ2) is 6.01. The number of hydrogen-bond donors (Lipinski definition) is 0. The van der Waals surface area contributed by atoms with Gasteiger partial charge in [-0.2, -0.15) is 5.10 Å². The lowest BCUT2D eigenvalue weighted by Gasteiger charge is -2.33. The molecule has 4 rings (SSSR count). The molecule has 5 heteroatoms. The summed E-state index contributed by atoms with van der Waals surface area (Å²) >= 11 is 0. The zero-order chi connectivity index (χ0) is 14.9. The number of hydrogen-bond acceptors (Lipinski definition) is 3. The molecule has 1 aromatic rings. The molecule has 3 aliphatic rings. The fraction of sp³-hybridized carbons (Fsp3) is 0.824. The van der Waals surface area contributed by atoms with Crippen molar-refractivity contribution < 1.29 is 4.79 Å². The van der Waals surface area contributed by atoms with Crippen molar-refractivity contribution in [1.29, 1.82) is 0 Å². The van der Waals surface area contributed by atoms with Crippen molar-refractivity contribution in [2.24, 2.45) is 17.8 Å². The molecule has 0 aromatic carbocycles. The predicted octanol–water partition coefficient (Wildman–Crippen LogP) is 2.66. The highest BCUT2D eigenvalue weighted by Gasteiger charge is 2.49. The summed E-state index contributed by atoms with van der Waals surface area (Å²) < 4.78 is 1.92. The number of carbonyl (C=O) groups is 1. The molecule has 3 atom stereocenters. The normalized spacial score (nSPS) is 32.9. The highest BCUT2D eigenvalue weighted by molar-refractivity contribution is 5.81. The molecule has 0 spiro atoms. The minimum absolute atomic E-state index is 0.312. The van der Waals surface area contributed by atoms with Gasteiger partial charge in [-0.1, -0.05) is 32.1 Å². The van der Waals surface area contributed by atoms with Crippen LogP contribution >= 0.6 is 0 Å². The SMILES string of the molecule is O=C([C@@H]1C[C@H]1C1CCCCC1)N1CCC[C@H](n2cncn2)C1. The molecule has 1 aliphatic heterocycles. The molecule has 5 nitrogen and oxygen atoms in total. The van der Waals surface area contributed by atoms with E-state index in [2.05, 4.69) is 15.0 Å². The summed E-state index contributed by atoms with van der Waals surface area (Å²) in [5.41, 5.74) is 0. The first kappa shape index (κ1) is 14.2. The fourth-order valence-electron chi connectivity index (χ4n) is 4.59. The van der Waals surface area contributed by atoms with E-state index in [0.29, 0.717) is 23.8 Å². The van der Waals surface area contributed by atoms with Crippen LogP contribution in [0.15, 0.2) is 12.7 Å². The average Bonchev–Trinajstić information content (AvgIpc) is 3.19. The Morgan fingerprint density at radius 3 is 2.73 bits per heavy atom. The predicted molar refractivity (Wildman–Crippen MR) is 83.0 cm³/mol. The van der Waals surface area contributed by atoms with Crippen LogP contribution < -0.4 is 0 Å². The van der Waals surface area contributed by atoms with Crippen molar-refractivity contribution in [3.63, 3.8) is 0 Å². The molecule has 3 fully saturated rings. The van der Waals surface area contributed by atoms with Gasteiger partial charge in [0.2, 0.25) is 5.91 Å². The fourth-order valence-corrected chi connectivity index (χ4v) is 4.59. The molecule has 1 aromatic heterocycles. The van der Waals surface area contributed by atoms with Crippen LogP contribution in [-0.2, 0) is 4.79 Å². The molecular weight excluding hydrogens is 276 g/mol. The van der Waals surface area contributed by atoms with Crippen LogP contribution in [0.2, 0.25) is 0 Å². The summed E-state index contributed by atoms with van der Waals surface area (Å²) in [5.74, 6) is 2.27. The van der Waals surface area contributed by atoms with Crippen LogP contribution in [0.3, 0.4) is 0 Å². The molecule has 0 unspecified atom stereocenters. The maximum atomic E-state index is 12.8. The first-order valence-electron chi connectivity index (χ1n) is 8.96. The van der Waals surface area contributed by atoms with E-state index >= 15 is 0 Å². The van der Waals surface area contributed by atoms with Crippen molar-refractivity contribution in [1.82, 2.24) is 19.7 Å². The molecule has 2 aliphatic carbocycles. The van der Waals surface area contributed by atoms with Gasteiger partial charge in [0.1, 0.15) is 12.7 Å². The largest absolute Gasteiger partial charge is 0.340 e. The van der Waals surface area contributed by atoms with Crippen LogP contribution in [0.25, 0.3) is 0 Å². The average molecular weight is 302 g/mol. The number of aromatic nitrogens is 3. The monoisotopic (exact) mass is 302 g/mol. The van der Waals surface area contributed by atoms with E-state index in [1.165, 1.54) is 32.1 Å². The van der Waals surface area contributed by atoms with Gasteiger partial charge in [-0.15, -0.1) is 0 Å². The lowest BCUT2D eigenvalue weighted by molar-refractivity contribution is -0.134. The standard InChI is InChI=1S/C17H26N4O/c22-17(16-9-15(16)13-5-2-1-3-6-13)20-8-4-7-14(10-20)21-12-18-11-19-21/h11-16H,1-10H2/t14-,15-,16+/m0/s1. The first-order chi connectivity index (χ1) is 10.8. The third-order valence-electron chi connectivity index (χ3n) is 5.93. The molecule has 22 heavy (non-hydrogen) atoms. The van der Waals surface area contributed by atoms with Gasteiger partial charge in [0.05, 0.1) is 6.04 Å². The molecule has 1 saturated heterocycles. The van der Waals surface area contributed by atoms with Gasteiger partial charge in [-0.3, -0.25) is 4.79 Å². The van der Waals surface area contributed by atoms with E-state index < -0.39 is 0 Å². The maximum Gasteiger partial charge on any atom is 0.226 e. The molecule has 120 valence electrons. The van der Waals surface area contributed by atoms with E-state index in [1.54, 1.807) is 12.7 Å². The Bertz CT molecular complexity index is 509. The summed E-state index contributed by atoms with van der Waals surface area (Å²) in [6.45, 7) is 1.74. The molecule has 0 bridgehead atoms. The third kappa shape index (κ3) is 2.77. The Hall–Kier alpha value is -1.39. The van der Waals surface area contributed by atoms with Crippen LogP contribution in [0.4, 0.5) is 0 Å². The summed E-state index contributed by atoms with van der Waals surface area (Å²) in [6, 6.07) is 0.312. The van der Waals surface area contributed by atoms with Crippen LogP contribution in [0.1, 0.15) is 57.4 Å². The van der Waals surface area contributed by atoms with Gasteiger partial charge in [-0.05, 0) is 31.1 Å². The van der Waals surface area contributed by atoms with Gasteiger partial charge in [0.15, 0.2) is 0 Å². The van der Waals surface area contributed by atoms with Gasteiger partial charge >= 0.3 is 0 Å². The van der Waals surface area contributed by atoms with E-state index in [4.69, 9.17) is 0 Å². The van der Waals surface area contributed by atoms with Crippen molar-refractivity contribution in [2.75, 3.05) is 13.1 Å². The molecule has 0 N–H and O–H groups in total. The highest BCUT2D eigenvalue weighted by Crippen LogP contribution is 2.50. The second-order valence-electron chi connectivity index (χ2n) is 7.36. The van der Waals surface area contributed by atoms with Crippen LogP contribution in [0, 0.1) is 17.8 Å². The van der Waals surface area contributed by atoms with Crippen molar-refractivity contribution in [3.05, 3.63) is 12.7 Å². The van der Waals surface area contributed by atoms with Crippen molar-refractivity contribution in [2.45, 2.75) is 57.4 Å². The van der Waals surface area contributed by atoms with E-state index in [-0.39, 0.29) is 0 Å². The molecule has 2 saturated carbocycles. The number of amides is 1. The minimum Gasteiger partial charge on any atom is -0.340 e. The summed E-state index contributed by atoms with van der Waals surface area (Å²) in [4.78, 5) is 18.9. The minimum atomic E-state index is 0.312. The number of nitrogens with zero attached hydrogens (tertiary/aromatic N) is 4. The Morgan fingerprint density at radius 2 is 1.95 bits per heavy atom. The quantitative estimate of drug-likeness (QED) is 0.862. The molecule has 1 amide bonds. The van der Waals surface area contributed by atoms with Crippen LogP contribution in [-0.4, -0.2) is 38.7 Å². The second-order valence-corrected chi connectivity index (χ2v) is 7.36. The lowest BCUT2D eigenvalue weighted by Crippen LogP contribution is -2.42. The zero-order valence-electron chi connectivity index (χ0n) is 13.2. The lowest BCUT2D eigenvalue weighted by atomic mass is 9.85. The van der Waals surface area contributed by atoms with E-state index in [1.807, 2.05) is 4.68 Å². The Morgan fingerprint density at radius 1 is 1.09 bits per heavy atom. The van der Waals surface area contributed by atoms with Gasteiger partial charge in [0, 0.05) is 19.0 Å². The number of rotatable bonds is 3. The maximum absolute atomic E-state index is 12.8. The summed E-state index contributed by atoms with van der Waals surface area (Å²) in [5, 5.41) is 4.25. The first-order valence-corrected chi connectivity index (χ1v) is 8.96. The summed E-state index contributed by atoms with van der Waals surface area (Å²) in [7, 11) is 0. The van der Waals surface area contributed by atoms with Gasteiger partial charge in [0.25, 0.3) is 0 Å². The third-order valence-corrected chi connectivity index (χ3v) is 5.93. The molecule has 2 heterocycles. The summed E-state index contributed by atoms with van der Waals surface area (Å²) in [6.07, 6.45) is 13.6. The van der Waals surface area contributed by atoms with Gasteiger partial charge in [-0.25, -0.2) is 9.67 Å². The number of carbonyl (C=O) groups excluding carboxylic acids is 1. The zero-order valence-corrected chi connectivity index (χ0v) is 13.2. The van der Waals surface area contributed by atoms with Crippen molar-refractivity contribution >= 4 is 5.91 Å². The van der Waals surface area contributed by atoms with Gasteiger partial charge < -0.3 is 4.90 Å². The molecule has 0 radical (unpaired) electrons. The molecular formula is C17H26N4O. The van der Waals surface area contributed by atoms with E-state index in [9.17, 15) is 4.79 Å². The number of piperidine rings is 1. The van der Waals surface area contributed by atoms with E-state index in [0.717, 1.165) is 38.3 Å². The Labute approximate surface area is 132 Å².